The van der Waals surface area contributed by atoms with E-state index in [0.717, 1.165) is 36.3 Å². The summed E-state index contributed by atoms with van der Waals surface area (Å²) in [6, 6.07) is 13.3. The van der Waals surface area contributed by atoms with E-state index in [1.807, 2.05) is 29.2 Å². The largest absolute Gasteiger partial charge is 0.347 e. The topological polar surface area (TPSA) is 63.5 Å². The average molecular weight is 439 g/mol. The summed E-state index contributed by atoms with van der Waals surface area (Å²) in [5, 5.41) is 17.0. The van der Waals surface area contributed by atoms with Gasteiger partial charge in [0.1, 0.15) is 23.9 Å². The summed E-state index contributed by atoms with van der Waals surface area (Å²) in [5.74, 6) is -1.42. The first-order chi connectivity index (χ1) is 15.5. The average Bonchev–Trinajstić information content (AvgIpc) is 3.62. The van der Waals surface area contributed by atoms with E-state index >= 15 is 4.39 Å². The Labute approximate surface area is 184 Å². The molecule has 2 heterocycles. The van der Waals surface area contributed by atoms with Gasteiger partial charge in [-0.05, 0) is 49.8 Å². The number of amidine groups is 1. The number of para-hydroxylation sites is 2. The van der Waals surface area contributed by atoms with Crippen molar-refractivity contribution in [2.24, 2.45) is 10.9 Å². The van der Waals surface area contributed by atoms with Gasteiger partial charge in [0.2, 0.25) is 5.66 Å². The van der Waals surface area contributed by atoms with Gasteiger partial charge in [-0.25, -0.2) is 13.2 Å². The monoisotopic (exact) mass is 439 g/mol. The molecular formula is C24H24F3N5. The Hall–Kier alpha value is -3.05. The lowest BCUT2D eigenvalue weighted by molar-refractivity contribution is 0.0945. The van der Waals surface area contributed by atoms with E-state index in [9.17, 15) is 14.0 Å². The summed E-state index contributed by atoms with van der Waals surface area (Å²) in [6.45, 7) is 0.893. The number of nitriles is 1. The SMILES string of the molecule is N#C[C@]1(N2CCC(C(F)c3ccc(F)cc3F)CC2)Nc2ccccc2NC1=NC1CC1. The van der Waals surface area contributed by atoms with Gasteiger partial charge in [-0.2, -0.15) is 5.26 Å². The third-order valence-corrected chi connectivity index (χ3v) is 6.55. The van der Waals surface area contributed by atoms with Crippen LogP contribution < -0.4 is 10.6 Å². The highest BCUT2D eigenvalue weighted by Crippen LogP contribution is 2.40. The van der Waals surface area contributed by atoms with E-state index in [1.54, 1.807) is 0 Å². The molecule has 5 rings (SSSR count). The van der Waals surface area contributed by atoms with Crippen molar-refractivity contribution in [1.82, 2.24) is 4.90 Å². The molecule has 0 radical (unpaired) electrons. The van der Waals surface area contributed by atoms with Crippen molar-refractivity contribution >= 4 is 17.2 Å². The van der Waals surface area contributed by atoms with Gasteiger partial charge in [0, 0.05) is 24.7 Å². The van der Waals surface area contributed by atoms with Crippen molar-refractivity contribution in [3.05, 3.63) is 59.7 Å². The smallest absolute Gasteiger partial charge is 0.239 e. The van der Waals surface area contributed by atoms with Crippen LogP contribution in [0.1, 0.15) is 37.4 Å². The zero-order chi connectivity index (χ0) is 22.3. The van der Waals surface area contributed by atoms with Crippen LogP contribution >= 0.6 is 0 Å². The number of hydrogen-bond donors (Lipinski definition) is 2. The number of piperidine rings is 1. The lowest BCUT2D eigenvalue weighted by atomic mass is 9.86. The van der Waals surface area contributed by atoms with Crippen LogP contribution in [0.15, 0.2) is 47.5 Å². The van der Waals surface area contributed by atoms with Gasteiger partial charge in [0.15, 0.2) is 5.84 Å². The maximum Gasteiger partial charge on any atom is 0.239 e. The maximum atomic E-state index is 15.1. The molecule has 0 amide bonds. The van der Waals surface area contributed by atoms with Crippen LogP contribution in [0, 0.1) is 28.9 Å². The second-order valence-corrected chi connectivity index (χ2v) is 8.72. The summed E-state index contributed by atoms with van der Waals surface area (Å²) in [5.41, 5.74) is 0.391. The quantitative estimate of drug-likeness (QED) is 0.703. The molecule has 166 valence electrons. The lowest BCUT2D eigenvalue weighted by Crippen LogP contribution is -2.64. The number of hydrogen-bond acceptors (Lipinski definition) is 4. The minimum absolute atomic E-state index is 0.109. The summed E-state index contributed by atoms with van der Waals surface area (Å²) < 4.78 is 42.4. The molecule has 2 aromatic carbocycles. The maximum absolute atomic E-state index is 15.1. The Morgan fingerprint density at radius 2 is 1.78 bits per heavy atom. The Morgan fingerprint density at radius 1 is 1.06 bits per heavy atom. The number of nitrogens with zero attached hydrogens (tertiary/aromatic N) is 3. The number of anilines is 2. The third-order valence-electron chi connectivity index (χ3n) is 6.55. The number of likely N-dealkylation sites (tertiary alicyclic amines) is 1. The molecule has 5 nitrogen and oxygen atoms in total. The molecule has 1 aliphatic carbocycles. The van der Waals surface area contributed by atoms with Crippen molar-refractivity contribution in [3.63, 3.8) is 0 Å². The molecule has 2 N–H and O–H groups in total. The third kappa shape index (κ3) is 3.71. The first-order valence-corrected chi connectivity index (χ1v) is 11.0. The number of alkyl halides is 1. The fourth-order valence-corrected chi connectivity index (χ4v) is 4.57. The minimum atomic E-state index is -1.52. The molecule has 2 atom stereocenters. The predicted octanol–water partition coefficient (Wildman–Crippen LogP) is 5.01. The Morgan fingerprint density at radius 3 is 2.44 bits per heavy atom. The highest BCUT2D eigenvalue weighted by Gasteiger charge is 2.48. The molecular weight excluding hydrogens is 415 g/mol. The molecule has 2 fully saturated rings. The summed E-state index contributed by atoms with van der Waals surface area (Å²) in [7, 11) is 0. The second kappa shape index (κ2) is 8.14. The van der Waals surface area contributed by atoms with E-state index in [-0.39, 0.29) is 11.6 Å². The van der Waals surface area contributed by atoms with E-state index in [1.165, 1.54) is 6.07 Å². The van der Waals surface area contributed by atoms with Crippen LogP contribution in [0.5, 0.6) is 0 Å². The zero-order valence-electron chi connectivity index (χ0n) is 17.5. The van der Waals surface area contributed by atoms with Crippen LogP contribution in [0.25, 0.3) is 0 Å². The predicted molar refractivity (Wildman–Crippen MR) is 117 cm³/mol. The molecule has 8 heteroatoms. The summed E-state index contributed by atoms with van der Waals surface area (Å²) >= 11 is 0. The van der Waals surface area contributed by atoms with E-state index < -0.39 is 29.4 Å². The number of nitrogens with one attached hydrogen (secondary N) is 2. The van der Waals surface area contributed by atoms with Gasteiger partial charge in [-0.15, -0.1) is 0 Å². The van der Waals surface area contributed by atoms with E-state index in [0.29, 0.717) is 31.8 Å². The lowest BCUT2D eigenvalue weighted by Gasteiger charge is -2.46. The standard InChI is InChI=1S/C24H24F3N5/c25-16-5-8-18(19(26)13-16)22(27)15-9-11-32(12-10-15)24(14-28)23(29-17-6-7-17)30-20-3-1-2-4-21(20)31-24/h1-5,8,13,15,17,22,31H,6-7,9-12H2,(H,29,30)/t22?,24-/m1/s1. The van der Waals surface area contributed by atoms with Gasteiger partial charge in [0.25, 0.3) is 0 Å². The van der Waals surface area contributed by atoms with Crippen molar-refractivity contribution in [2.75, 3.05) is 23.7 Å². The number of aliphatic imine (C=N–C) groups is 1. The number of fused-ring (bicyclic) bond motifs is 1. The van der Waals surface area contributed by atoms with Crippen LogP contribution in [-0.2, 0) is 0 Å². The molecule has 1 saturated carbocycles. The van der Waals surface area contributed by atoms with Crippen LogP contribution in [-0.4, -0.2) is 35.5 Å². The normalized spacial score (nSPS) is 26.0. The molecule has 3 aliphatic rings. The highest BCUT2D eigenvalue weighted by molar-refractivity contribution is 6.11. The van der Waals surface area contributed by atoms with Crippen LogP contribution in [0.3, 0.4) is 0 Å². The molecule has 0 bridgehead atoms. The highest BCUT2D eigenvalue weighted by atomic mass is 19.1. The number of rotatable bonds is 4. The molecule has 1 unspecified atom stereocenters. The van der Waals surface area contributed by atoms with Gasteiger partial charge >= 0.3 is 0 Å². The fraction of sp³-hybridized carbons (Fsp3) is 0.417. The fourth-order valence-electron chi connectivity index (χ4n) is 4.57. The number of benzene rings is 2. The van der Waals surface area contributed by atoms with Crippen molar-refractivity contribution in [1.29, 1.82) is 5.26 Å². The van der Waals surface area contributed by atoms with Crippen molar-refractivity contribution in [3.8, 4) is 6.07 Å². The molecule has 2 aromatic rings. The van der Waals surface area contributed by atoms with E-state index in [4.69, 9.17) is 4.99 Å². The van der Waals surface area contributed by atoms with Crippen LogP contribution in [0.4, 0.5) is 24.5 Å². The van der Waals surface area contributed by atoms with Crippen molar-refractivity contribution < 1.29 is 13.2 Å². The summed E-state index contributed by atoms with van der Waals surface area (Å²) in [6.07, 6.45) is 1.38. The van der Waals surface area contributed by atoms with Gasteiger partial charge in [0.05, 0.1) is 17.4 Å². The first kappa shape index (κ1) is 20.8. The summed E-state index contributed by atoms with van der Waals surface area (Å²) in [4.78, 5) is 6.77. The van der Waals surface area contributed by atoms with Gasteiger partial charge in [-0.3, -0.25) is 9.89 Å². The number of halogens is 3. The zero-order valence-corrected chi connectivity index (χ0v) is 17.5. The van der Waals surface area contributed by atoms with Crippen molar-refractivity contribution in [2.45, 2.75) is 43.6 Å². The van der Waals surface area contributed by atoms with E-state index in [2.05, 4.69) is 16.7 Å². The van der Waals surface area contributed by atoms with Gasteiger partial charge < -0.3 is 10.6 Å². The van der Waals surface area contributed by atoms with Crippen LogP contribution in [0.2, 0.25) is 0 Å². The molecule has 2 aliphatic heterocycles. The van der Waals surface area contributed by atoms with Gasteiger partial charge in [-0.1, -0.05) is 18.2 Å². The second-order valence-electron chi connectivity index (χ2n) is 8.72. The Bertz CT molecular complexity index is 1090. The Kier molecular flexibility index (Phi) is 5.30. The Balaban J connectivity index is 1.37. The minimum Gasteiger partial charge on any atom is -0.347 e. The first-order valence-electron chi connectivity index (χ1n) is 11.0. The molecule has 0 aromatic heterocycles. The molecule has 0 spiro atoms. The molecule has 32 heavy (non-hydrogen) atoms. The molecule has 1 saturated heterocycles.